The van der Waals surface area contributed by atoms with Gasteiger partial charge < -0.3 is 42.2 Å². The van der Waals surface area contributed by atoms with Gasteiger partial charge in [0.2, 0.25) is 23.6 Å². The average molecular weight is 821 g/mol. The first-order valence-electron chi connectivity index (χ1n) is 19.4. The van der Waals surface area contributed by atoms with Crippen molar-refractivity contribution in [2.24, 2.45) is 29.4 Å². The molecule has 0 unspecified atom stereocenters. The molecule has 58 heavy (non-hydrogen) atoms. The van der Waals surface area contributed by atoms with Crippen molar-refractivity contribution in [3.63, 3.8) is 0 Å². The number of aliphatic carboxylic acids is 1. The van der Waals surface area contributed by atoms with Crippen LogP contribution in [0.1, 0.15) is 90.6 Å². The number of rotatable bonds is 22. The van der Waals surface area contributed by atoms with Gasteiger partial charge in [0.05, 0.1) is 0 Å². The molecule has 17 heteroatoms. The third-order valence-electron chi connectivity index (χ3n) is 9.53. The molecule has 2 rings (SSSR count). The number of ether oxygens (including phenoxy) is 1. The number of carboxylic acids is 1. The molecule has 0 heterocycles. The van der Waals surface area contributed by atoms with Gasteiger partial charge in [0.1, 0.15) is 29.9 Å². The van der Waals surface area contributed by atoms with E-state index in [9.17, 15) is 47.0 Å². The van der Waals surface area contributed by atoms with E-state index >= 15 is 0 Å². The number of benzene rings is 2. The van der Waals surface area contributed by atoms with Crippen LogP contribution >= 0.6 is 0 Å². The minimum Gasteiger partial charge on any atom is -0.480 e. The number of carbonyl (C=O) groups is 6. The standard InChI is InChI=1S/C41H59F3N6O8/c1-9-25(8)35(39(55)50-34(24(6)7)40(56)57)48-32(51)21-29(45)30(20-26-13-11-10-12-14-26)46-38(54)33(23(4)5)49-37(53)31(19-22(2)3)47-36(52)27-15-17-28(18-16-27)58-41(42,43)44/h10-18,22-25,29-31,33-35H,9,19-21,45H2,1-8H3,(H,46,54)(H,47,52)(H,48,51)(H,49,53)(H,50,55)(H,56,57)/t25-,29-,30-,31-,33-,34-,35-/m0/s1. The number of carboxylic acid groups (broad SMARTS) is 1. The topological polar surface area (TPSA) is 218 Å². The molecule has 0 saturated heterocycles. The van der Waals surface area contributed by atoms with Gasteiger partial charge in [-0.3, -0.25) is 24.0 Å². The van der Waals surface area contributed by atoms with Crippen molar-refractivity contribution in [2.45, 2.75) is 124 Å². The largest absolute Gasteiger partial charge is 0.573 e. The lowest BCUT2D eigenvalue weighted by Gasteiger charge is -2.31. The van der Waals surface area contributed by atoms with Crippen LogP contribution in [-0.2, 0) is 30.4 Å². The zero-order chi connectivity index (χ0) is 43.9. The van der Waals surface area contributed by atoms with Crippen molar-refractivity contribution < 1.29 is 51.8 Å². The van der Waals surface area contributed by atoms with Crippen molar-refractivity contribution in [3.05, 3.63) is 65.7 Å². The molecule has 8 N–H and O–H groups in total. The van der Waals surface area contributed by atoms with Crippen molar-refractivity contribution in [3.8, 4) is 5.75 Å². The lowest BCUT2D eigenvalue weighted by molar-refractivity contribution is -0.274. The fourth-order valence-electron chi connectivity index (χ4n) is 6.04. The Labute approximate surface area is 338 Å². The number of nitrogens with one attached hydrogen (secondary N) is 5. The molecule has 5 amide bonds. The molecule has 0 aromatic heterocycles. The van der Waals surface area contributed by atoms with Crippen LogP contribution in [0.4, 0.5) is 13.2 Å². The molecule has 0 radical (unpaired) electrons. The average Bonchev–Trinajstić information content (AvgIpc) is 3.13. The van der Waals surface area contributed by atoms with E-state index in [4.69, 9.17) is 5.73 Å². The fourth-order valence-corrected chi connectivity index (χ4v) is 6.04. The smallest absolute Gasteiger partial charge is 0.480 e. The fraction of sp³-hybridized carbons (Fsp3) is 0.561. The van der Waals surface area contributed by atoms with Gasteiger partial charge in [0, 0.05) is 24.1 Å². The maximum atomic E-state index is 14.0. The lowest BCUT2D eigenvalue weighted by Crippen LogP contribution is -2.60. The monoisotopic (exact) mass is 820 g/mol. The lowest BCUT2D eigenvalue weighted by atomic mass is 9.94. The summed E-state index contributed by atoms with van der Waals surface area (Å²) in [6, 6.07) is 6.95. The number of amides is 5. The SMILES string of the molecule is CC[C@H](C)[C@H](NC(=O)C[C@H](N)[C@H](Cc1ccccc1)NC(=O)[C@@H](NC(=O)[C@H](CC(C)C)NC(=O)c1ccc(OC(F)(F)F)cc1)C(C)C)C(=O)N[C@H](C(=O)O)C(C)C. The quantitative estimate of drug-likeness (QED) is 0.0910. The van der Waals surface area contributed by atoms with Crippen LogP contribution in [0.3, 0.4) is 0 Å². The van der Waals surface area contributed by atoms with Gasteiger partial charge in [-0.05, 0) is 66.3 Å². The van der Waals surface area contributed by atoms with E-state index in [0.29, 0.717) is 6.42 Å². The summed E-state index contributed by atoms with van der Waals surface area (Å²) < 4.78 is 41.7. The molecule has 2 aromatic rings. The highest BCUT2D eigenvalue weighted by Gasteiger charge is 2.35. The van der Waals surface area contributed by atoms with Crippen LogP contribution in [0.5, 0.6) is 5.75 Å². The Morgan fingerprint density at radius 3 is 1.78 bits per heavy atom. The van der Waals surface area contributed by atoms with E-state index < -0.39 is 95.7 Å². The summed E-state index contributed by atoms with van der Waals surface area (Å²) in [5.41, 5.74) is 7.38. The molecule has 0 aliphatic heterocycles. The zero-order valence-corrected chi connectivity index (χ0v) is 34.3. The molecular weight excluding hydrogens is 761 g/mol. The number of carbonyl (C=O) groups excluding carboxylic acids is 5. The summed E-state index contributed by atoms with van der Waals surface area (Å²) >= 11 is 0. The predicted octanol–water partition coefficient (Wildman–Crippen LogP) is 4.07. The first kappa shape index (κ1) is 49.0. The highest BCUT2D eigenvalue weighted by atomic mass is 19.4. The number of halogens is 3. The minimum absolute atomic E-state index is 0.0212. The Bertz CT molecular complexity index is 1670. The second-order valence-corrected chi connectivity index (χ2v) is 15.6. The third-order valence-corrected chi connectivity index (χ3v) is 9.53. The molecule has 322 valence electrons. The Morgan fingerprint density at radius 1 is 0.724 bits per heavy atom. The Kier molecular flexibility index (Phi) is 19.1. The molecule has 0 fully saturated rings. The highest BCUT2D eigenvalue weighted by Crippen LogP contribution is 2.23. The molecule has 2 aromatic carbocycles. The summed E-state index contributed by atoms with van der Waals surface area (Å²) in [6.45, 7) is 13.9. The Hall–Kier alpha value is -5.19. The van der Waals surface area contributed by atoms with Crippen LogP contribution in [0.15, 0.2) is 54.6 Å². The van der Waals surface area contributed by atoms with Gasteiger partial charge in [-0.15, -0.1) is 13.2 Å². The molecular formula is C41H59F3N6O8. The Balaban J connectivity index is 2.28. The maximum absolute atomic E-state index is 14.0. The first-order chi connectivity index (χ1) is 27.0. The molecule has 0 aliphatic rings. The van der Waals surface area contributed by atoms with E-state index in [1.807, 2.05) is 39.0 Å². The molecule has 7 atom stereocenters. The molecule has 14 nitrogen and oxygen atoms in total. The number of alkyl halides is 3. The van der Waals surface area contributed by atoms with Gasteiger partial charge in [-0.25, -0.2) is 4.79 Å². The number of nitrogens with two attached hydrogens (primary N) is 1. The summed E-state index contributed by atoms with van der Waals surface area (Å²) in [6.07, 6.45) is -4.38. The van der Waals surface area contributed by atoms with Gasteiger partial charge in [0.15, 0.2) is 0 Å². The Morgan fingerprint density at radius 2 is 1.28 bits per heavy atom. The zero-order valence-electron chi connectivity index (χ0n) is 34.3. The summed E-state index contributed by atoms with van der Waals surface area (Å²) in [5.74, 6) is -6.32. The summed E-state index contributed by atoms with van der Waals surface area (Å²) in [5, 5.41) is 23.1. The van der Waals surface area contributed by atoms with Crippen LogP contribution in [-0.4, -0.2) is 83.2 Å². The molecule has 0 aliphatic carbocycles. The van der Waals surface area contributed by atoms with Crippen molar-refractivity contribution in [1.82, 2.24) is 26.6 Å². The minimum atomic E-state index is -4.91. The van der Waals surface area contributed by atoms with Gasteiger partial charge in [-0.1, -0.05) is 92.1 Å². The van der Waals surface area contributed by atoms with Crippen LogP contribution in [0.25, 0.3) is 0 Å². The van der Waals surface area contributed by atoms with E-state index in [1.54, 1.807) is 46.8 Å². The van der Waals surface area contributed by atoms with Crippen LogP contribution in [0.2, 0.25) is 0 Å². The van der Waals surface area contributed by atoms with Gasteiger partial charge in [-0.2, -0.15) is 0 Å². The van der Waals surface area contributed by atoms with Crippen molar-refractivity contribution >= 4 is 35.5 Å². The second-order valence-electron chi connectivity index (χ2n) is 15.6. The van der Waals surface area contributed by atoms with E-state index in [-0.39, 0.29) is 36.7 Å². The molecule has 0 saturated carbocycles. The number of hydrogen-bond donors (Lipinski definition) is 7. The maximum Gasteiger partial charge on any atom is 0.573 e. The van der Waals surface area contributed by atoms with Crippen LogP contribution < -0.4 is 37.1 Å². The van der Waals surface area contributed by atoms with Crippen LogP contribution in [0, 0.1) is 23.7 Å². The van der Waals surface area contributed by atoms with Crippen molar-refractivity contribution in [1.29, 1.82) is 0 Å². The van der Waals surface area contributed by atoms with Gasteiger partial charge >= 0.3 is 12.3 Å². The van der Waals surface area contributed by atoms with Crippen molar-refractivity contribution in [2.75, 3.05) is 0 Å². The molecule has 0 bridgehead atoms. The van der Waals surface area contributed by atoms with Gasteiger partial charge in [0.25, 0.3) is 5.91 Å². The predicted molar refractivity (Wildman–Crippen MR) is 211 cm³/mol. The van der Waals surface area contributed by atoms with E-state index in [1.165, 1.54) is 0 Å². The normalized spacial score (nSPS) is 15.3. The molecule has 0 spiro atoms. The summed E-state index contributed by atoms with van der Waals surface area (Å²) in [4.78, 5) is 79.3. The summed E-state index contributed by atoms with van der Waals surface area (Å²) in [7, 11) is 0. The van der Waals surface area contributed by atoms with E-state index in [0.717, 1.165) is 29.8 Å². The highest BCUT2D eigenvalue weighted by molar-refractivity contribution is 5.98. The van der Waals surface area contributed by atoms with E-state index in [2.05, 4.69) is 31.3 Å². The second kappa shape index (κ2) is 22.7. The number of hydrogen-bond acceptors (Lipinski definition) is 8. The first-order valence-corrected chi connectivity index (χ1v) is 19.4. The third kappa shape index (κ3) is 16.3.